The number of rotatable bonds is 5. The Bertz CT molecular complexity index is 1070. The van der Waals surface area contributed by atoms with Gasteiger partial charge in [0, 0.05) is 22.5 Å². The van der Waals surface area contributed by atoms with Gasteiger partial charge in [-0.15, -0.1) is 0 Å². The van der Waals surface area contributed by atoms with Gasteiger partial charge in [0.2, 0.25) is 0 Å². The molecule has 0 bridgehead atoms. The lowest BCUT2D eigenvalue weighted by atomic mass is 10.1. The normalized spacial score (nSPS) is 17.3. The summed E-state index contributed by atoms with van der Waals surface area (Å²) in [4.78, 5) is 14.8. The van der Waals surface area contributed by atoms with Crippen molar-refractivity contribution in [3.63, 3.8) is 0 Å². The number of carbonyl (C=O) groups excluding carboxylic acids is 1. The minimum Gasteiger partial charge on any atom is -0.493 e. The van der Waals surface area contributed by atoms with E-state index in [0.29, 0.717) is 43.4 Å². The van der Waals surface area contributed by atoms with Crippen LogP contribution in [-0.2, 0) is 20.1 Å². The van der Waals surface area contributed by atoms with Gasteiger partial charge < -0.3 is 19.1 Å². The van der Waals surface area contributed by atoms with Crippen molar-refractivity contribution in [2.45, 2.75) is 12.2 Å². The van der Waals surface area contributed by atoms with E-state index >= 15 is 0 Å². The predicted octanol–water partition coefficient (Wildman–Crippen LogP) is 4.51. The Morgan fingerprint density at radius 3 is 2.69 bits per heavy atom. The number of ether oxygens (including phenoxy) is 3. The first-order valence-corrected chi connectivity index (χ1v) is 10.1. The predicted molar refractivity (Wildman–Crippen MR) is 111 cm³/mol. The van der Waals surface area contributed by atoms with Crippen LogP contribution in [0.15, 0.2) is 60.7 Å². The molecule has 3 aromatic carbocycles. The number of anilines is 1. The molecule has 1 fully saturated rings. The van der Waals surface area contributed by atoms with Crippen molar-refractivity contribution in [1.29, 1.82) is 0 Å². The van der Waals surface area contributed by atoms with Crippen LogP contribution in [0.3, 0.4) is 0 Å². The van der Waals surface area contributed by atoms with E-state index in [0.717, 1.165) is 22.2 Å². The van der Waals surface area contributed by atoms with Crippen LogP contribution < -0.4 is 9.64 Å². The van der Waals surface area contributed by atoms with E-state index in [-0.39, 0.29) is 5.91 Å². The van der Waals surface area contributed by atoms with E-state index in [9.17, 15) is 4.79 Å². The molecule has 0 unspecified atom stereocenters. The van der Waals surface area contributed by atoms with Crippen LogP contribution in [0.2, 0.25) is 5.02 Å². The summed E-state index contributed by atoms with van der Waals surface area (Å²) in [6.07, 6.45) is 0.674. The zero-order chi connectivity index (χ0) is 19.8. The Hall–Kier alpha value is -2.60. The third-order valence-corrected chi connectivity index (χ3v) is 5.59. The van der Waals surface area contributed by atoms with Gasteiger partial charge in [-0.1, -0.05) is 48.0 Å². The fourth-order valence-corrected chi connectivity index (χ4v) is 4.22. The summed E-state index contributed by atoms with van der Waals surface area (Å²) in [5, 5.41) is 2.78. The topological polar surface area (TPSA) is 48.0 Å². The van der Waals surface area contributed by atoms with Crippen LogP contribution in [0.4, 0.5) is 5.69 Å². The molecule has 29 heavy (non-hydrogen) atoms. The molecule has 0 aromatic heterocycles. The maximum Gasteiger partial charge on any atom is 0.292 e. The molecule has 6 heteroatoms. The average Bonchev–Trinajstić information content (AvgIpc) is 3.32. The highest BCUT2D eigenvalue weighted by Gasteiger charge is 2.55. The molecular weight excluding hydrogens is 390 g/mol. The van der Waals surface area contributed by atoms with Crippen molar-refractivity contribution in [2.75, 3.05) is 31.3 Å². The van der Waals surface area contributed by atoms with Crippen LogP contribution in [-0.4, -0.2) is 32.3 Å². The third-order valence-electron chi connectivity index (χ3n) is 5.36. The molecule has 148 valence electrons. The van der Waals surface area contributed by atoms with Crippen LogP contribution >= 0.6 is 11.6 Å². The van der Waals surface area contributed by atoms with Crippen LogP contribution in [0.5, 0.6) is 5.75 Å². The summed E-state index contributed by atoms with van der Waals surface area (Å²) < 4.78 is 17.5. The largest absolute Gasteiger partial charge is 0.493 e. The summed E-state index contributed by atoms with van der Waals surface area (Å²) in [7, 11) is 0. The number of hydrogen-bond donors (Lipinski definition) is 0. The second-order valence-corrected chi connectivity index (χ2v) is 7.55. The molecule has 1 saturated heterocycles. The lowest BCUT2D eigenvalue weighted by Gasteiger charge is -2.22. The third kappa shape index (κ3) is 3.06. The lowest BCUT2D eigenvalue weighted by Crippen LogP contribution is -2.41. The SMILES string of the molecule is O=C1N(CCCOc2cccc3ccccc23)c2ccc(Cl)cc2C12OCCO2. The molecule has 0 aliphatic carbocycles. The summed E-state index contributed by atoms with van der Waals surface area (Å²) >= 11 is 6.16. The quantitative estimate of drug-likeness (QED) is 0.582. The second kappa shape index (κ2) is 7.34. The fraction of sp³-hybridized carbons (Fsp3) is 0.261. The Kier molecular flexibility index (Phi) is 4.66. The summed E-state index contributed by atoms with van der Waals surface area (Å²) in [5.74, 6) is -0.698. The number of carbonyl (C=O) groups is 1. The number of nitrogens with zero attached hydrogens (tertiary/aromatic N) is 1. The smallest absolute Gasteiger partial charge is 0.292 e. The highest BCUT2D eigenvalue weighted by atomic mass is 35.5. The first-order chi connectivity index (χ1) is 14.2. The molecule has 3 aromatic rings. The van der Waals surface area contributed by atoms with Crippen LogP contribution in [0.25, 0.3) is 10.8 Å². The van der Waals surface area contributed by atoms with Gasteiger partial charge >= 0.3 is 0 Å². The average molecular weight is 410 g/mol. The molecule has 2 aliphatic rings. The van der Waals surface area contributed by atoms with E-state index < -0.39 is 5.79 Å². The second-order valence-electron chi connectivity index (χ2n) is 7.11. The van der Waals surface area contributed by atoms with E-state index in [1.54, 1.807) is 17.0 Å². The van der Waals surface area contributed by atoms with Crippen LogP contribution in [0, 0.1) is 0 Å². The molecule has 5 nitrogen and oxygen atoms in total. The zero-order valence-corrected chi connectivity index (χ0v) is 16.5. The van der Waals surface area contributed by atoms with Crippen LogP contribution in [0.1, 0.15) is 12.0 Å². The van der Waals surface area contributed by atoms with Gasteiger partial charge in [0.05, 0.1) is 25.5 Å². The van der Waals surface area contributed by atoms with Crippen molar-refractivity contribution in [3.05, 3.63) is 71.2 Å². The molecule has 0 saturated carbocycles. The van der Waals surface area contributed by atoms with E-state index in [1.807, 2.05) is 36.4 Å². The van der Waals surface area contributed by atoms with Gasteiger partial charge in [-0.25, -0.2) is 0 Å². The van der Waals surface area contributed by atoms with Crippen molar-refractivity contribution in [1.82, 2.24) is 0 Å². The summed E-state index contributed by atoms with van der Waals surface area (Å²) in [6.45, 7) is 1.77. The number of amides is 1. The fourth-order valence-electron chi connectivity index (χ4n) is 4.05. The number of hydrogen-bond acceptors (Lipinski definition) is 4. The summed E-state index contributed by atoms with van der Waals surface area (Å²) in [5.41, 5.74) is 1.47. The number of fused-ring (bicyclic) bond motifs is 3. The van der Waals surface area contributed by atoms with Gasteiger partial charge in [0.15, 0.2) is 0 Å². The Morgan fingerprint density at radius 2 is 1.83 bits per heavy atom. The lowest BCUT2D eigenvalue weighted by molar-refractivity contribution is -0.180. The van der Waals surface area contributed by atoms with Crippen molar-refractivity contribution in [3.8, 4) is 5.75 Å². The molecule has 0 N–H and O–H groups in total. The van der Waals surface area contributed by atoms with Crippen molar-refractivity contribution < 1.29 is 19.0 Å². The van der Waals surface area contributed by atoms with Gasteiger partial charge in [-0.3, -0.25) is 4.79 Å². The van der Waals surface area contributed by atoms with Gasteiger partial charge in [-0.05, 0) is 36.1 Å². The number of benzene rings is 3. The maximum absolute atomic E-state index is 13.1. The van der Waals surface area contributed by atoms with Gasteiger partial charge in [0.1, 0.15) is 5.75 Å². The van der Waals surface area contributed by atoms with Crippen molar-refractivity contribution >= 4 is 34.0 Å². The molecule has 0 atom stereocenters. The standard InChI is InChI=1S/C23H20ClNO4/c24-17-9-10-20-19(15-17)23(28-13-14-29-23)22(26)25(20)11-4-12-27-21-8-3-6-16-5-1-2-7-18(16)21/h1-3,5-10,15H,4,11-14H2. The Morgan fingerprint density at radius 1 is 1.03 bits per heavy atom. The Labute approximate surface area is 173 Å². The van der Waals surface area contributed by atoms with E-state index in [1.165, 1.54) is 0 Å². The molecule has 2 heterocycles. The molecular formula is C23H20ClNO4. The van der Waals surface area contributed by atoms with Gasteiger partial charge in [0.25, 0.3) is 11.7 Å². The monoisotopic (exact) mass is 409 g/mol. The molecule has 1 amide bonds. The maximum atomic E-state index is 13.1. The minimum atomic E-state index is -1.35. The first-order valence-electron chi connectivity index (χ1n) is 9.69. The van der Waals surface area contributed by atoms with E-state index in [2.05, 4.69) is 12.1 Å². The minimum absolute atomic E-state index is 0.197. The molecule has 2 aliphatic heterocycles. The molecule has 5 rings (SSSR count). The highest BCUT2D eigenvalue weighted by molar-refractivity contribution is 6.31. The van der Waals surface area contributed by atoms with Crippen molar-refractivity contribution in [2.24, 2.45) is 0 Å². The number of halogens is 1. The first kappa shape index (κ1) is 18.4. The molecule has 0 radical (unpaired) electrons. The Balaban J connectivity index is 1.31. The van der Waals surface area contributed by atoms with Gasteiger partial charge in [-0.2, -0.15) is 0 Å². The zero-order valence-electron chi connectivity index (χ0n) is 15.8. The van der Waals surface area contributed by atoms with E-state index in [4.69, 9.17) is 25.8 Å². The molecule has 1 spiro atoms. The highest BCUT2D eigenvalue weighted by Crippen LogP contribution is 2.46. The summed E-state index contributed by atoms with van der Waals surface area (Å²) in [6, 6.07) is 19.5.